The quantitative estimate of drug-likeness (QED) is 0.396. The van der Waals surface area contributed by atoms with Gasteiger partial charge < -0.3 is 10.1 Å². The number of carbonyl (C=O) groups excluding carboxylic acids is 1. The summed E-state index contributed by atoms with van der Waals surface area (Å²) in [6, 6.07) is 3.88. The molecular weight excluding hydrogens is 488 g/mol. The Kier molecular flexibility index (Phi) is 4.66. The Hall–Kier alpha value is -2.86. The van der Waals surface area contributed by atoms with Gasteiger partial charge in [0.1, 0.15) is 11.5 Å². The summed E-state index contributed by atoms with van der Waals surface area (Å²) in [5.74, 6) is -3.49. The number of hydrogen-bond acceptors (Lipinski definition) is 5. The number of anilines is 1. The first-order chi connectivity index (χ1) is 14.1. The number of hydrogen-bond donors (Lipinski definition) is 2. The van der Waals surface area contributed by atoms with Gasteiger partial charge in [0, 0.05) is 27.8 Å². The van der Waals surface area contributed by atoms with Gasteiger partial charge in [-0.25, -0.2) is 17.8 Å². The number of ketones is 1. The summed E-state index contributed by atoms with van der Waals surface area (Å²) in [4.78, 5) is 31.1. The lowest BCUT2D eigenvalue weighted by molar-refractivity contribution is -0.137. The Morgan fingerprint density at radius 2 is 1.93 bits per heavy atom. The van der Waals surface area contributed by atoms with E-state index >= 15 is 0 Å². The molecule has 0 spiro atoms. The molecule has 0 saturated heterocycles. The van der Waals surface area contributed by atoms with Crippen LogP contribution in [0.5, 0.6) is 0 Å². The number of aliphatic carboxylic acids is 1. The maximum absolute atomic E-state index is 14.8. The summed E-state index contributed by atoms with van der Waals surface area (Å²) < 4.78 is 51.6. The minimum atomic E-state index is -4.92. The predicted octanol–water partition coefficient (Wildman–Crippen LogP) is 3.33. The summed E-state index contributed by atoms with van der Waals surface area (Å²) in [6.07, 6.45) is 2.33. The third-order valence-electron chi connectivity index (χ3n) is 4.94. The smallest absolute Gasteiger partial charge is 0.327 e. The number of halogens is 3. The molecule has 0 bridgehead atoms. The normalized spacial score (nSPS) is 15.2. The fraction of sp³-hybridized carbons (Fsp3) is 0.167. The Bertz CT molecular complexity index is 1320. The fourth-order valence-corrected chi connectivity index (χ4v) is 4.96. The lowest BCUT2D eigenvalue weighted by Crippen LogP contribution is -2.41. The molecular formula is C18H12BrF2N3O5S. The highest BCUT2D eigenvalue weighted by Crippen LogP contribution is 2.46. The third kappa shape index (κ3) is 2.98. The molecule has 1 aliphatic rings. The highest BCUT2D eigenvalue weighted by atomic mass is 79.9. The molecule has 1 fully saturated rings. The average molecular weight is 500 g/mol. The van der Waals surface area contributed by atoms with E-state index in [0.717, 1.165) is 18.2 Å². The van der Waals surface area contributed by atoms with Crippen LogP contribution in [0.25, 0.3) is 11.0 Å². The molecule has 3 aromatic rings. The summed E-state index contributed by atoms with van der Waals surface area (Å²) in [7, 11) is -4.92. The van der Waals surface area contributed by atoms with Crippen LogP contribution in [0, 0.1) is 5.82 Å². The Morgan fingerprint density at radius 3 is 2.57 bits per heavy atom. The van der Waals surface area contributed by atoms with Crippen LogP contribution in [-0.2, 0) is 14.8 Å². The Labute approximate surface area is 176 Å². The van der Waals surface area contributed by atoms with Crippen molar-refractivity contribution >= 4 is 54.4 Å². The van der Waals surface area contributed by atoms with Crippen LogP contribution in [0.1, 0.15) is 28.8 Å². The highest BCUT2D eigenvalue weighted by molar-refractivity contribution is 9.10. The number of nitrogens with one attached hydrogen (secondary N) is 1. The van der Waals surface area contributed by atoms with Crippen molar-refractivity contribution in [1.82, 2.24) is 9.97 Å². The standard InChI is InChI=1S/C18H12BrF2N3O5S/c19-9-5-11-13(8-23-16(11)22-7-9)15(25)12-6-10(1-2-14(12)20)24(21)30(28,29)18(3-4-18)17(26)27/h1-2,5-8H,3-4H2,(H,22,23)(H,26,27). The maximum atomic E-state index is 14.8. The zero-order valence-corrected chi connectivity index (χ0v) is 17.3. The predicted molar refractivity (Wildman–Crippen MR) is 106 cm³/mol. The van der Waals surface area contributed by atoms with Gasteiger partial charge in [-0.15, -0.1) is 4.53 Å². The van der Waals surface area contributed by atoms with Crippen LogP contribution >= 0.6 is 15.9 Å². The van der Waals surface area contributed by atoms with E-state index in [2.05, 4.69) is 25.9 Å². The number of pyridine rings is 1. The van der Waals surface area contributed by atoms with Crippen molar-refractivity contribution in [3.8, 4) is 0 Å². The van der Waals surface area contributed by atoms with Crippen LogP contribution in [0.15, 0.2) is 41.1 Å². The first-order valence-corrected chi connectivity index (χ1v) is 10.7. The van der Waals surface area contributed by atoms with E-state index in [0.29, 0.717) is 15.5 Å². The molecule has 30 heavy (non-hydrogen) atoms. The number of sulfonamides is 1. The molecule has 1 saturated carbocycles. The lowest BCUT2D eigenvalue weighted by atomic mass is 10.0. The summed E-state index contributed by atoms with van der Waals surface area (Å²) in [5, 5.41) is 9.55. The van der Waals surface area contributed by atoms with E-state index in [4.69, 9.17) is 0 Å². The first kappa shape index (κ1) is 20.4. The summed E-state index contributed by atoms with van der Waals surface area (Å²) in [6.45, 7) is 0. The molecule has 0 unspecified atom stereocenters. The topological polar surface area (TPSA) is 120 Å². The number of carbonyl (C=O) groups is 2. The second kappa shape index (κ2) is 6.84. The molecule has 0 atom stereocenters. The van der Waals surface area contributed by atoms with E-state index in [-0.39, 0.29) is 18.4 Å². The van der Waals surface area contributed by atoms with Crippen molar-refractivity contribution in [1.29, 1.82) is 0 Å². The Balaban J connectivity index is 1.76. The van der Waals surface area contributed by atoms with Crippen LogP contribution in [0.3, 0.4) is 0 Å². The maximum Gasteiger partial charge on any atom is 0.327 e. The zero-order valence-electron chi connectivity index (χ0n) is 14.9. The molecule has 2 N–H and O–H groups in total. The molecule has 0 radical (unpaired) electrons. The van der Waals surface area contributed by atoms with Gasteiger partial charge in [0.15, 0.2) is 10.5 Å². The number of rotatable bonds is 6. The van der Waals surface area contributed by atoms with Crippen molar-refractivity contribution in [3.05, 3.63) is 58.1 Å². The lowest BCUT2D eigenvalue weighted by Gasteiger charge is -2.19. The van der Waals surface area contributed by atoms with Crippen molar-refractivity contribution in [2.45, 2.75) is 17.6 Å². The van der Waals surface area contributed by atoms with Gasteiger partial charge in [-0.1, -0.05) is 4.48 Å². The molecule has 8 nitrogen and oxygen atoms in total. The Morgan fingerprint density at radius 1 is 1.23 bits per heavy atom. The van der Waals surface area contributed by atoms with Crippen molar-refractivity contribution in [2.24, 2.45) is 0 Å². The van der Waals surface area contributed by atoms with Gasteiger partial charge in [-0.2, -0.15) is 0 Å². The van der Waals surface area contributed by atoms with Gasteiger partial charge in [-0.05, 0) is 53.0 Å². The number of H-pyrrole nitrogens is 1. The number of carboxylic acid groups (broad SMARTS) is 1. The summed E-state index contributed by atoms with van der Waals surface area (Å²) in [5.41, 5.74) is -0.838. The molecule has 1 aliphatic carbocycles. The number of nitrogens with zero attached hydrogens (tertiary/aromatic N) is 2. The number of benzene rings is 1. The minimum absolute atomic E-state index is 0.0484. The number of aromatic nitrogens is 2. The van der Waals surface area contributed by atoms with Crippen molar-refractivity contribution in [3.63, 3.8) is 0 Å². The van der Waals surface area contributed by atoms with Gasteiger partial charge in [0.05, 0.1) is 11.3 Å². The van der Waals surface area contributed by atoms with Gasteiger partial charge in [0.25, 0.3) is 10.0 Å². The van der Waals surface area contributed by atoms with E-state index in [1.807, 2.05) is 0 Å². The fourth-order valence-electron chi connectivity index (χ4n) is 3.10. The van der Waals surface area contributed by atoms with Crippen LogP contribution in [0.4, 0.5) is 14.6 Å². The van der Waals surface area contributed by atoms with Crippen molar-refractivity contribution in [2.75, 3.05) is 4.53 Å². The molecule has 1 aromatic carbocycles. The number of fused-ring (bicyclic) bond motifs is 1. The third-order valence-corrected chi connectivity index (χ3v) is 7.58. The second-order valence-electron chi connectivity index (χ2n) is 6.76. The van der Waals surface area contributed by atoms with Gasteiger partial charge >= 0.3 is 5.97 Å². The van der Waals surface area contributed by atoms with E-state index in [9.17, 15) is 32.0 Å². The zero-order chi connectivity index (χ0) is 21.8. The van der Waals surface area contributed by atoms with Crippen molar-refractivity contribution < 1.29 is 32.0 Å². The molecule has 2 heterocycles. The second-order valence-corrected chi connectivity index (χ2v) is 9.73. The molecule has 12 heteroatoms. The largest absolute Gasteiger partial charge is 0.480 e. The van der Waals surface area contributed by atoms with Gasteiger partial charge in [0.2, 0.25) is 0 Å². The molecule has 4 rings (SSSR count). The van der Waals surface area contributed by atoms with E-state index in [1.165, 1.54) is 12.4 Å². The summed E-state index contributed by atoms with van der Waals surface area (Å²) >= 11 is 3.23. The molecule has 2 aromatic heterocycles. The monoisotopic (exact) mass is 499 g/mol. The molecule has 0 amide bonds. The first-order valence-electron chi connectivity index (χ1n) is 8.49. The number of aromatic amines is 1. The minimum Gasteiger partial charge on any atom is -0.480 e. The van der Waals surface area contributed by atoms with Gasteiger partial charge in [-0.3, -0.25) is 9.59 Å². The van der Waals surface area contributed by atoms with Crippen LogP contribution < -0.4 is 4.53 Å². The molecule has 156 valence electrons. The average Bonchev–Trinajstić information content (AvgIpc) is 3.43. The van der Waals surface area contributed by atoms with E-state index < -0.39 is 48.1 Å². The number of carboxylic acids is 1. The van der Waals surface area contributed by atoms with Crippen LogP contribution in [-0.4, -0.2) is 40.0 Å². The highest BCUT2D eigenvalue weighted by Gasteiger charge is 2.64. The molecule has 0 aliphatic heterocycles. The SMILES string of the molecule is O=C(c1cc(N(F)S(=O)(=O)C2(C(=O)O)CC2)ccc1F)c1c[nH]c2ncc(Br)cc12. The van der Waals surface area contributed by atoms with Crippen LogP contribution in [0.2, 0.25) is 0 Å². The van der Waals surface area contributed by atoms with E-state index in [1.54, 1.807) is 6.07 Å².